The number of hydrogen-bond donors (Lipinski definition) is 2. The Hall–Kier alpha value is -1.09. The van der Waals surface area contributed by atoms with E-state index in [0.29, 0.717) is 37.4 Å². The maximum absolute atomic E-state index is 14.1. The number of benzene rings is 1. The van der Waals surface area contributed by atoms with Crippen molar-refractivity contribution >= 4 is 29.9 Å². The van der Waals surface area contributed by atoms with E-state index >= 15 is 0 Å². The number of halogens is 2. The van der Waals surface area contributed by atoms with E-state index in [4.69, 9.17) is 9.47 Å². The average molecular weight is 451 g/mol. The van der Waals surface area contributed by atoms with E-state index in [-0.39, 0.29) is 35.8 Å². The van der Waals surface area contributed by atoms with Gasteiger partial charge in [0, 0.05) is 20.7 Å². The van der Waals surface area contributed by atoms with E-state index in [1.54, 1.807) is 20.2 Å². The van der Waals surface area contributed by atoms with Gasteiger partial charge in [-0.2, -0.15) is 0 Å². The fraction of sp³-hybridized carbons (Fsp3) is 0.588. The molecule has 0 aromatic heterocycles. The fourth-order valence-electron chi connectivity index (χ4n) is 2.15. The number of guanidine groups is 1. The average Bonchev–Trinajstić information content (AvgIpc) is 3.37. The molecule has 5 nitrogen and oxygen atoms in total. The van der Waals surface area contributed by atoms with E-state index in [1.807, 2.05) is 13.0 Å². The van der Waals surface area contributed by atoms with Crippen LogP contribution in [0.3, 0.4) is 0 Å². The van der Waals surface area contributed by atoms with Crippen LogP contribution in [0.25, 0.3) is 0 Å². The molecule has 0 spiro atoms. The van der Waals surface area contributed by atoms with Gasteiger partial charge < -0.3 is 20.1 Å². The Kier molecular flexibility index (Phi) is 9.35. The van der Waals surface area contributed by atoms with Crippen molar-refractivity contribution in [3.05, 3.63) is 29.6 Å². The predicted octanol–water partition coefficient (Wildman–Crippen LogP) is 3.10. The molecular weight excluding hydrogens is 424 g/mol. The normalized spacial score (nSPS) is 15.4. The molecule has 1 unspecified atom stereocenters. The zero-order valence-electron chi connectivity index (χ0n) is 14.5. The van der Waals surface area contributed by atoms with E-state index < -0.39 is 0 Å². The first-order valence-electron chi connectivity index (χ1n) is 8.02. The summed E-state index contributed by atoms with van der Waals surface area (Å²) in [5.41, 5.74) is 0.843. The molecule has 7 heteroatoms. The molecule has 1 saturated carbocycles. The Morgan fingerprint density at radius 2 is 2.17 bits per heavy atom. The third-order valence-electron chi connectivity index (χ3n) is 3.80. The molecule has 0 saturated heterocycles. The molecule has 1 atom stereocenters. The van der Waals surface area contributed by atoms with Gasteiger partial charge in [0.2, 0.25) is 0 Å². The lowest BCUT2D eigenvalue weighted by Gasteiger charge is -2.19. The van der Waals surface area contributed by atoms with Gasteiger partial charge >= 0.3 is 0 Å². The maximum Gasteiger partial charge on any atom is 0.191 e. The second-order valence-electron chi connectivity index (χ2n) is 5.80. The van der Waals surface area contributed by atoms with Gasteiger partial charge in [-0.15, -0.1) is 24.0 Å². The Morgan fingerprint density at radius 1 is 1.42 bits per heavy atom. The van der Waals surface area contributed by atoms with Crippen LogP contribution in [-0.4, -0.2) is 39.9 Å². The topological polar surface area (TPSA) is 54.9 Å². The number of hydrogen-bond acceptors (Lipinski definition) is 3. The summed E-state index contributed by atoms with van der Waals surface area (Å²) in [6.45, 7) is 3.82. The van der Waals surface area contributed by atoms with Crippen LogP contribution in [0.15, 0.2) is 23.2 Å². The number of rotatable bonds is 8. The standard InChI is InChI=1S/C17H26FN3O2.HI/c1-12(21-17(19-2)20-8-9-22-3)14-6-7-16(15(18)10-14)23-11-13-4-5-13;/h6-7,10,12-13H,4-5,8-9,11H2,1-3H3,(H2,19,20,21);1H. The van der Waals surface area contributed by atoms with E-state index in [9.17, 15) is 4.39 Å². The van der Waals surface area contributed by atoms with E-state index in [1.165, 1.54) is 18.9 Å². The molecule has 1 aliphatic carbocycles. The lowest BCUT2D eigenvalue weighted by atomic mass is 10.1. The summed E-state index contributed by atoms with van der Waals surface area (Å²) in [5.74, 6) is 1.27. The molecule has 1 aliphatic rings. The largest absolute Gasteiger partial charge is 0.490 e. The molecule has 0 bridgehead atoms. The lowest BCUT2D eigenvalue weighted by molar-refractivity contribution is 0.203. The first-order valence-corrected chi connectivity index (χ1v) is 8.02. The summed E-state index contributed by atoms with van der Waals surface area (Å²) < 4.78 is 24.6. The molecular formula is C17H27FIN3O2. The highest BCUT2D eigenvalue weighted by Crippen LogP contribution is 2.30. The van der Waals surface area contributed by atoms with Crippen LogP contribution in [-0.2, 0) is 4.74 Å². The molecule has 0 aliphatic heterocycles. The zero-order valence-corrected chi connectivity index (χ0v) is 16.8. The number of aliphatic imine (C=N–C) groups is 1. The van der Waals surface area contributed by atoms with Crippen molar-refractivity contribution in [3.63, 3.8) is 0 Å². The van der Waals surface area contributed by atoms with Crippen molar-refractivity contribution < 1.29 is 13.9 Å². The van der Waals surface area contributed by atoms with Gasteiger partial charge in [-0.05, 0) is 43.4 Å². The quantitative estimate of drug-likeness (QED) is 0.276. The molecule has 1 aromatic rings. The summed E-state index contributed by atoms with van der Waals surface area (Å²) in [5, 5.41) is 6.36. The highest BCUT2D eigenvalue weighted by Gasteiger charge is 2.22. The van der Waals surface area contributed by atoms with Gasteiger partial charge in [0.15, 0.2) is 17.5 Å². The van der Waals surface area contributed by atoms with Crippen molar-refractivity contribution in [2.24, 2.45) is 10.9 Å². The molecule has 1 aromatic carbocycles. The smallest absolute Gasteiger partial charge is 0.191 e. The highest BCUT2D eigenvalue weighted by molar-refractivity contribution is 14.0. The summed E-state index contributed by atoms with van der Waals surface area (Å²) in [6.07, 6.45) is 2.38. The Bertz CT molecular complexity index is 539. The second kappa shape index (κ2) is 10.7. The van der Waals surface area contributed by atoms with Crippen molar-refractivity contribution in [3.8, 4) is 5.75 Å². The van der Waals surface area contributed by atoms with Gasteiger partial charge in [-0.1, -0.05) is 6.07 Å². The maximum atomic E-state index is 14.1. The number of ether oxygens (including phenoxy) is 2. The molecule has 0 radical (unpaired) electrons. The minimum Gasteiger partial charge on any atom is -0.490 e. The molecule has 0 amide bonds. The van der Waals surface area contributed by atoms with Gasteiger partial charge in [0.25, 0.3) is 0 Å². The SMILES string of the molecule is CN=C(NCCOC)NC(C)c1ccc(OCC2CC2)c(F)c1.I. The van der Waals surface area contributed by atoms with Gasteiger partial charge in [0.1, 0.15) is 0 Å². The van der Waals surface area contributed by atoms with Crippen LogP contribution in [0.2, 0.25) is 0 Å². The molecule has 2 rings (SSSR count). The minimum atomic E-state index is -0.320. The zero-order chi connectivity index (χ0) is 16.7. The van der Waals surface area contributed by atoms with Crippen LogP contribution in [0.1, 0.15) is 31.4 Å². The van der Waals surface area contributed by atoms with Crippen LogP contribution >= 0.6 is 24.0 Å². The Morgan fingerprint density at radius 3 is 2.75 bits per heavy atom. The summed E-state index contributed by atoms with van der Waals surface area (Å²) in [6, 6.07) is 5.02. The van der Waals surface area contributed by atoms with Crippen molar-refractivity contribution in [1.29, 1.82) is 0 Å². The number of nitrogens with one attached hydrogen (secondary N) is 2. The minimum absolute atomic E-state index is 0. The third-order valence-corrected chi connectivity index (χ3v) is 3.80. The second-order valence-corrected chi connectivity index (χ2v) is 5.80. The number of nitrogens with zero attached hydrogens (tertiary/aromatic N) is 1. The van der Waals surface area contributed by atoms with Gasteiger partial charge in [-0.3, -0.25) is 4.99 Å². The molecule has 2 N–H and O–H groups in total. The van der Waals surface area contributed by atoms with Gasteiger partial charge in [0.05, 0.1) is 19.3 Å². The van der Waals surface area contributed by atoms with Crippen LogP contribution in [0, 0.1) is 11.7 Å². The van der Waals surface area contributed by atoms with Crippen LogP contribution in [0.5, 0.6) is 5.75 Å². The molecule has 24 heavy (non-hydrogen) atoms. The van der Waals surface area contributed by atoms with E-state index in [0.717, 1.165) is 5.56 Å². The van der Waals surface area contributed by atoms with Crippen LogP contribution < -0.4 is 15.4 Å². The third kappa shape index (κ3) is 6.80. The molecule has 136 valence electrons. The van der Waals surface area contributed by atoms with Gasteiger partial charge in [-0.25, -0.2) is 4.39 Å². The summed E-state index contributed by atoms with van der Waals surface area (Å²) in [7, 11) is 3.35. The van der Waals surface area contributed by atoms with Crippen molar-refractivity contribution in [2.75, 3.05) is 33.9 Å². The lowest BCUT2D eigenvalue weighted by Crippen LogP contribution is -2.40. The first-order chi connectivity index (χ1) is 11.1. The van der Waals surface area contributed by atoms with E-state index in [2.05, 4.69) is 15.6 Å². The van der Waals surface area contributed by atoms with Crippen molar-refractivity contribution in [2.45, 2.75) is 25.8 Å². The summed E-state index contributed by atoms with van der Waals surface area (Å²) >= 11 is 0. The summed E-state index contributed by atoms with van der Waals surface area (Å²) in [4.78, 5) is 4.14. The first kappa shape index (κ1) is 21.0. The highest BCUT2D eigenvalue weighted by atomic mass is 127. The monoisotopic (exact) mass is 451 g/mol. The predicted molar refractivity (Wildman–Crippen MR) is 105 cm³/mol. The Labute approximate surface area is 160 Å². The number of methoxy groups -OCH3 is 1. The molecule has 1 fully saturated rings. The Balaban J connectivity index is 0.00000288. The fourth-order valence-corrected chi connectivity index (χ4v) is 2.15. The van der Waals surface area contributed by atoms with Crippen LogP contribution in [0.4, 0.5) is 4.39 Å². The van der Waals surface area contributed by atoms with Crippen molar-refractivity contribution in [1.82, 2.24) is 10.6 Å². The molecule has 0 heterocycles.